The molecule has 4 nitrogen and oxygen atoms in total. The second-order valence-electron chi connectivity index (χ2n) is 8.31. The Bertz CT molecular complexity index is 719. The Balaban J connectivity index is 1.66. The first kappa shape index (κ1) is 17.0. The normalized spacial score (nSPS) is 34.6. The first-order valence-corrected chi connectivity index (χ1v) is 9.49. The fourth-order valence-corrected chi connectivity index (χ4v) is 5.83. The summed E-state index contributed by atoms with van der Waals surface area (Å²) in [5.41, 5.74) is 0.375. The van der Waals surface area contributed by atoms with E-state index in [1.54, 1.807) is 11.8 Å². The molecule has 2 aliphatic carbocycles. The smallest absolute Gasteiger partial charge is 0.267 e. The van der Waals surface area contributed by atoms with Crippen molar-refractivity contribution in [1.29, 1.82) is 0 Å². The number of thiocarbonyl (C=S) groups is 1. The quantitative estimate of drug-likeness (QED) is 0.840. The van der Waals surface area contributed by atoms with E-state index < -0.39 is 12.0 Å². The predicted octanol–water partition coefficient (Wildman–Crippen LogP) is 3.45. The molecule has 1 aromatic rings. The molecule has 0 unspecified atom stereocenters. The highest BCUT2D eigenvalue weighted by Gasteiger charge is 2.73. The summed E-state index contributed by atoms with van der Waals surface area (Å²) in [6.07, 6.45) is 2.14. The minimum absolute atomic E-state index is 0.00114. The van der Waals surface area contributed by atoms with Gasteiger partial charge in [0.2, 0.25) is 5.91 Å². The maximum atomic E-state index is 13.4. The largest absolute Gasteiger partial charge is 0.465 e. The van der Waals surface area contributed by atoms with E-state index in [0.29, 0.717) is 5.92 Å². The molecular formula is C20H25NO3S. The van der Waals surface area contributed by atoms with E-state index in [0.717, 1.165) is 24.8 Å². The molecule has 25 heavy (non-hydrogen) atoms. The molecule has 134 valence electrons. The molecule has 0 radical (unpaired) electrons. The molecule has 0 aromatic heterocycles. The fourth-order valence-electron chi connectivity index (χ4n) is 5.46. The number of fused-ring (bicyclic) bond motifs is 1. The molecule has 4 rings (SSSR count). The van der Waals surface area contributed by atoms with Gasteiger partial charge in [0.25, 0.3) is 5.17 Å². The van der Waals surface area contributed by atoms with Gasteiger partial charge in [-0.3, -0.25) is 9.69 Å². The van der Waals surface area contributed by atoms with Crippen LogP contribution in [-0.2, 0) is 9.53 Å². The summed E-state index contributed by atoms with van der Waals surface area (Å²) < 4.78 is 5.97. The molecular weight excluding hydrogens is 334 g/mol. The number of hydrogen-bond donors (Lipinski definition) is 1. The Morgan fingerprint density at radius 3 is 2.68 bits per heavy atom. The first-order chi connectivity index (χ1) is 11.8. The van der Waals surface area contributed by atoms with Crippen LogP contribution in [0.15, 0.2) is 30.3 Å². The van der Waals surface area contributed by atoms with Crippen LogP contribution in [0.5, 0.6) is 0 Å². The first-order valence-electron chi connectivity index (χ1n) is 9.08. The molecule has 3 aliphatic rings. The van der Waals surface area contributed by atoms with Crippen LogP contribution in [0.4, 0.5) is 0 Å². The number of carbonyl (C=O) groups excluding carboxylic acids is 1. The summed E-state index contributed by atoms with van der Waals surface area (Å²) >= 11 is 5.45. The number of nitrogens with zero attached hydrogens (tertiary/aromatic N) is 1. The Labute approximate surface area is 154 Å². The van der Waals surface area contributed by atoms with Gasteiger partial charge in [-0.15, -0.1) is 0 Å². The molecule has 1 amide bonds. The number of carbonyl (C=O) groups is 1. The van der Waals surface area contributed by atoms with Crippen molar-refractivity contribution in [3.05, 3.63) is 35.9 Å². The molecule has 2 bridgehead atoms. The van der Waals surface area contributed by atoms with Gasteiger partial charge in [-0.25, -0.2) is 0 Å². The Morgan fingerprint density at radius 2 is 2.04 bits per heavy atom. The lowest BCUT2D eigenvalue weighted by Crippen LogP contribution is -2.58. The van der Waals surface area contributed by atoms with Crippen molar-refractivity contribution in [2.24, 2.45) is 17.3 Å². The van der Waals surface area contributed by atoms with E-state index in [9.17, 15) is 9.90 Å². The number of rotatable bonds is 3. The minimum Gasteiger partial charge on any atom is -0.465 e. The average molecular weight is 359 g/mol. The van der Waals surface area contributed by atoms with Gasteiger partial charge in [-0.1, -0.05) is 51.1 Å². The fraction of sp³-hybridized carbons (Fsp3) is 0.600. The standard InChI is InChI=1S/C20H25NO3S/c1-12(16(22)13-7-5-4-6-8-13)17(23)21-18(25)24-15-11-14-9-10-20(15,21)19(14,2)3/h4-8,12,14-16,22H,9-11H2,1-3H3/t12-,14-,15-,16-,20-/m1/s1. The van der Waals surface area contributed by atoms with E-state index in [1.165, 1.54) is 0 Å². The van der Waals surface area contributed by atoms with Crippen LogP contribution in [0, 0.1) is 17.3 Å². The van der Waals surface area contributed by atoms with Crippen molar-refractivity contribution in [3.63, 3.8) is 0 Å². The van der Waals surface area contributed by atoms with Gasteiger partial charge in [0, 0.05) is 0 Å². The highest BCUT2D eigenvalue weighted by Crippen LogP contribution is 2.66. The lowest BCUT2D eigenvalue weighted by atomic mass is 9.74. The molecule has 1 saturated heterocycles. The number of amides is 1. The zero-order valence-electron chi connectivity index (χ0n) is 14.9. The molecule has 1 aromatic carbocycles. The molecule has 3 fully saturated rings. The maximum Gasteiger partial charge on any atom is 0.267 e. The third-order valence-corrected chi connectivity index (χ3v) is 7.37. The summed E-state index contributed by atoms with van der Waals surface area (Å²) in [5, 5.41) is 11.0. The van der Waals surface area contributed by atoms with E-state index >= 15 is 0 Å². The molecule has 5 atom stereocenters. The second-order valence-corrected chi connectivity index (χ2v) is 8.66. The van der Waals surface area contributed by atoms with Crippen molar-refractivity contribution in [2.75, 3.05) is 0 Å². The van der Waals surface area contributed by atoms with E-state index in [2.05, 4.69) is 13.8 Å². The summed E-state index contributed by atoms with van der Waals surface area (Å²) in [6.45, 7) is 6.25. The molecule has 5 heteroatoms. The number of aliphatic hydroxyl groups is 1. The van der Waals surface area contributed by atoms with Crippen LogP contribution >= 0.6 is 12.2 Å². The third-order valence-electron chi connectivity index (χ3n) is 7.09. The molecule has 1 spiro atoms. The van der Waals surface area contributed by atoms with Crippen molar-refractivity contribution in [3.8, 4) is 0 Å². The van der Waals surface area contributed by atoms with Crippen molar-refractivity contribution in [1.82, 2.24) is 4.90 Å². The maximum absolute atomic E-state index is 13.4. The summed E-state index contributed by atoms with van der Waals surface area (Å²) in [5.74, 6) is -0.141. The van der Waals surface area contributed by atoms with Crippen molar-refractivity contribution in [2.45, 2.75) is 57.8 Å². The van der Waals surface area contributed by atoms with Crippen molar-refractivity contribution >= 4 is 23.3 Å². The summed E-state index contributed by atoms with van der Waals surface area (Å²) in [4.78, 5) is 15.1. The molecule has 1 aliphatic heterocycles. The molecule has 1 N–H and O–H groups in total. The van der Waals surface area contributed by atoms with Crippen molar-refractivity contribution < 1.29 is 14.6 Å². The topological polar surface area (TPSA) is 49.8 Å². The summed E-state index contributed by atoms with van der Waals surface area (Å²) in [6, 6.07) is 9.33. The zero-order valence-corrected chi connectivity index (χ0v) is 15.8. The zero-order chi connectivity index (χ0) is 18.0. The lowest BCUT2D eigenvalue weighted by molar-refractivity contribution is -0.141. The molecule has 2 saturated carbocycles. The van der Waals surface area contributed by atoms with Gasteiger partial charge >= 0.3 is 0 Å². The number of hydrogen-bond acceptors (Lipinski definition) is 4. The Hall–Kier alpha value is -1.46. The minimum atomic E-state index is -0.853. The predicted molar refractivity (Wildman–Crippen MR) is 98.7 cm³/mol. The van der Waals surface area contributed by atoms with Gasteiger partial charge in [0.15, 0.2) is 0 Å². The lowest BCUT2D eigenvalue weighted by Gasteiger charge is -2.43. The van der Waals surface area contributed by atoms with Crippen LogP contribution in [0.25, 0.3) is 0 Å². The van der Waals surface area contributed by atoms with Crippen LogP contribution in [0.2, 0.25) is 0 Å². The van der Waals surface area contributed by atoms with Gasteiger partial charge in [0.05, 0.1) is 17.6 Å². The highest BCUT2D eigenvalue weighted by molar-refractivity contribution is 7.80. The summed E-state index contributed by atoms with van der Waals surface area (Å²) in [7, 11) is 0. The van der Waals surface area contributed by atoms with Crippen LogP contribution in [0.3, 0.4) is 0 Å². The SMILES string of the molecule is C[C@@H](C(=O)N1C(=S)O[C@@H]2C[C@H]3CC[C@]21C3(C)C)[C@@H](O)c1ccccc1. The van der Waals surface area contributed by atoms with Gasteiger partial charge in [-0.05, 0) is 48.4 Å². The third kappa shape index (κ3) is 2.08. The van der Waals surface area contributed by atoms with Gasteiger partial charge in [-0.2, -0.15) is 0 Å². The number of benzene rings is 1. The Kier molecular flexibility index (Phi) is 3.75. The average Bonchev–Trinajstić information content (AvgIpc) is 3.12. The second kappa shape index (κ2) is 5.52. The van der Waals surface area contributed by atoms with Crippen LogP contribution in [0.1, 0.15) is 51.7 Å². The number of aliphatic hydroxyl groups excluding tert-OH is 1. The van der Waals surface area contributed by atoms with E-state index in [4.69, 9.17) is 17.0 Å². The monoisotopic (exact) mass is 359 g/mol. The molecule has 1 heterocycles. The number of ether oxygens (including phenoxy) is 1. The highest BCUT2D eigenvalue weighted by atomic mass is 32.1. The Morgan fingerprint density at radius 1 is 1.36 bits per heavy atom. The van der Waals surface area contributed by atoms with E-state index in [-0.39, 0.29) is 28.1 Å². The van der Waals surface area contributed by atoms with Gasteiger partial charge < -0.3 is 9.84 Å². The van der Waals surface area contributed by atoms with Gasteiger partial charge in [0.1, 0.15) is 6.10 Å². The van der Waals surface area contributed by atoms with Crippen LogP contribution in [-0.4, -0.2) is 32.7 Å². The van der Waals surface area contributed by atoms with Crippen LogP contribution < -0.4 is 0 Å². The van der Waals surface area contributed by atoms with E-state index in [1.807, 2.05) is 30.3 Å².